The maximum absolute atomic E-state index is 11.6. The molecule has 13 heavy (non-hydrogen) atoms. The number of carbonyl (C=O) groups excluding carboxylic acids is 1. The number of aryl methyl sites for hydroxylation is 1. The van der Waals surface area contributed by atoms with Gasteiger partial charge in [0, 0.05) is 17.7 Å². The van der Waals surface area contributed by atoms with E-state index >= 15 is 0 Å². The predicted octanol–water partition coefficient (Wildman–Crippen LogP) is 2.67. The summed E-state index contributed by atoms with van der Waals surface area (Å²) in [6.07, 6.45) is 0.470. The lowest BCUT2D eigenvalue weighted by Gasteiger charge is -2.13. The normalized spacial score (nSPS) is 15.2. The van der Waals surface area contributed by atoms with Gasteiger partial charge in [-0.1, -0.05) is 12.1 Å². The SMILES string of the molecule is CC1=Nc2cccc(C)c2C(=O)C1. The number of carbonyl (C=O) groups is 1. The summed E-state index contributed by atoms with van der Waals surface area (Å²) in [7, 11) is 0. The van der Waals surface area contributed by atoms with Crippen LogP contribution in [0.4, 0.5) is 5.69 Å². The zero-order chi connectivity index (χ0) is 9.42. The van der Waals surface area contributed by atoms with Gasteiger partial charge in [0.1, 0.15) is 0 Å². The summed E-state index contributed by atoms with van der Waals surface area (Å²) >= 11 is 0. The van der Waals surface area contributed by atoms with Gasteiger partial charge in [-0.3, -0.25) is 9.79 Å². The minimum absolute atomic E-state index is 0.195. The maximum atomic E-state index is 11.6. The van der Waals surface area contributed by atoms with Gasteiger partial charge >= 0.3 is 0 Å². The van der Waals surface area contributed by atoms with Crippen LogP contribution in [0.25, 0.3) is 0 Å². The fraction of sp³-hybridized carbons (Fsp3) is 0.273. The number of rotatable bonds is 0. The van der Waals surface area contributed by atoms with E-state index in [1.807, 2.05) is 32.0 Å². The molecule has 66 valence electrons. The van der Waals surface area contributed by atoms with Crippen LogP contribution in [0.15, 0.2) is 23.2 Å². The quantitative estimate of drug-likeness (QED) is 0.593. The molecule has 2 rings (SSSR count). The van der Waals surface area contributed by atoms with Gasteiger partial charge in [0.05, 0.1) is 5.69 Å². The van der Waals surface area contributed by atoms with E-state index in [9.17, 15) is 4.79 Å². The summed E-state index contributed by atoms with van der Waals surface area (Å²) in [5.41, 5.74) is 3.56. The molecule has 0 saturated carbocycles. The van der Waals surface area contributed by atoms with E-state index < -0.39 is 0 Å². The number of benzene rings is 1. The van der Waals surface area contributed by atoms with Crippen molar-refractivity contribution in [3.05, 3.63) is 29.3 Å². The summed E-state index contributed by atoms with van der Waals surface area (Å²) in [5.74, 6) is 0.195. The molecule has 0 fully saturated rings. The molecule has 0 saturated heterocycles. The zero-order valence-corrected chi connectivity index (χ0v) is 7.79. The van der Waals surface area contributed by atoms with Crippen LogP contribution >= 0.6 is 0 Å². The largest absolute Gasteiger partial charge is 0.294 e. The molecule has 0 radical (unpaired) electrons. The third-order valence-electron chi connectivity index (χ3n) is 2.26. The molecule has 0 aliphatic carbocycles. The number of Topliss-reactive ketones (excluding diaryl/α,β-unsaturated/α-hetero) is 1. The molecular weight excluding hydrogens is 162 g/mol. The molecule has 0 amide bonds. The standard InChI is InChI=1S/C11H11NO/c1-7-4-3-5-9-11(7)10(13)6-8(2)12-9/h3-5H,6H2,1-2H3. The van der Waals surface area contributed by atoms with E-state index in [0.717, 1.165) is 22.5 Å². The number of ketones is 1. The van der Waals surface area contributed by atoms with Crippen LogP contribution in [0.2, 0.25) is 0 Å². The topological polar surface area (TPSA) is 29.4 Å². The third-order valence-corrected chi connectivity index (χ3v) is 2.26. The van der Waals surface area contributed by atoms with Crippen LogP contribution in [0.5, 0.6) is 0 Å². The van der Waals surface area contributed by atoms with Gasteiger partial charge in [-0.15, -0.1) is 0 Å². The second-order valence-electron chi connectivity index (χ2n) is 3.42. The Hall–Kier alpha value is -1.44. The highest BCUT2D eigenvalue weighted by Gasteiger charge is 2.18. The number of aliphatic imine (C=N–C) groups is 1. The first-order chi connectivity index (χ1) is 6.18. The van der Waals surface area contributed by atoms with Crippen LogP contribution in [-0.4, -0.2) is 11.5 Å². The summed E-state index contributed by atoms with van der Waals surface area (Å²) in [6.45, 7) is 3.84. The van der Waals surface area contributed by atoms with E-state index in [-0.39, 0.29) is 5.78 Å². The summed E-state index contributed by atoms with van der Waals surface area (Å²) in [5, 5.41) is 0. The van der Waals surface area contributed by atoms with E-state index in [2.05, 4.69) is 4.99 Å². The monoisotopic (exact) mass is 173 g/mol. The highest BCUT2D eigenvalue weighted by atomic mass is 16.1. The fourth-order valence-corrected chi connectivity index (χ4v) is 1.67. The molecule has 1 aliphatic heterocycles. The highest BCUT2D eigenvalue weighted by molar-refractivity contribution is 6.15. The van der Waals surface area contributed by atoms with Crippen molar-refractivity contribution < 1.29 is 4.79 Å². The van der Waals surface area contributed by atoms with E-state index in [1.165, 1.54) is 0 Å². The van der Waals surface area contributed by atoms with Crippen LogP contribution in [0, 0.1) is 6.92 Å². The summed E-state index contributed by atoms with van der Waals surface area (Å²) in [4.78, 5) is 16.0. The first-order valence-electron chi connectivity index (χ1n) is 4.35. The van der Waals surface area contributed by atoms with Crippen molar-refractivity contribution in [3.63, 3.8) is 0 Å². The Labute approximate surface area is 77.3 Å². The van der Waals surface area contributed by atoms with Crippen molar-refractivity contribution in [1.82, 2.24) is 0 Å². The molecule has 1 aliphatic rings. The van der Waals surface area contributed by atoms with Crippen molar-refractivity contribution in [1.29, 1.82) is 0 Å². The number of nitrogens with zero attached hydrogens (tertiary/aromatic N) is 1. The molecular formula is C11H11NO. The van der Waals surface area contributed by atoms with Crippen LogP contribution in [0.1, 0.15) is 29.3 Å². The van der Waals surface area contributed by atoms with Crippen molar-refractivity contribution in [2.75, 3.05) is 0 Å². The summed E-state index contributed by atoms with van der Waals surface area (Å²) in [6, 6.07) is 5.78. The highest BCUT2D eigenvalue weighted by Crippen LogP contribution is 2.28. The fourth-order valence-electron chi connectivity index (χ4n) is 1.67. The molecule has 1 heterocycles. The Kier molecular flexibility index (Phi) is 1.76. The maximum Gasteiger partial charge on any atom is 0.170 e. The van der Waals surface area contributed by atoms with Gasteiger partial charge in [-0.25, -0.2) is 0 Å². The van der Waals surface area contributed by atoms with E-state index in [0.29, 0.717) is 6.42 Å². The first-order valence-corrected chi connectivity index (χ1v) is 4.35. The smallest absolute Gasteiger partial charge is 0.170 e. The van der Waals surface area contributed by atoms with Crippen molar-refractivity contribution >= 4 is 17.2 Å². The van der Waals surface area contributed by atoms with Crippen LogP contribution in [0.3, 0.4) is 0 Å². The van der Waals surface area contributed by atoms with Crippen LogP contribution in [-0.2, 0) is 0 Å². The van der Waals surface area contributed by atoms with Gasteiger partial charge in [0.2, 0.25) is 0 Å². The van der Waals surface area contributed by atoms with E-state index in [4.69, 9.17) is 0 Å². The Morgan fingerprint density at radius 2 is 2.08 bits per heavy atom. The molecule has 1 aromatic carbocycles. The van der Waals surface area contributed by atoms with Gasteiger partial charge < -0.3 is 0 Å². The number of hydrogen-bond donors (Lipinski definition) is 0. The summed E-state index contributed by atoms with van der Waals surface area (Å²) < 4.78 is 0. The Morgan fingerprint density at radius 1 is 1.31 bits per heavy atom. The van der Waals surface area contributed by atoms with Gasteiger partial charge in [-0.2, -0.15) is 0 Å². The van der Waals surface area contributed by atoms with Gasteiger partial charge in [-0.05, 0) is 25.5 Å². The van der Waals surface area contributed by atoms with Crippen molar-refractivity contribution in [2.45, 2.75) is 20.3 Å². The Bertz CT molecular complexity index is 405. The minimum Gasteiger partial charge on any atom is -0.294 e. The second-order valence-corrected chi connectivity index (χ2v) is 3.42. The average Bonchev–Trinajstić information content (AvgIpc) is 2.02. The lowest BCUT2D eigenvalue weighted by atomic mass is 9.96. The lowest BCUT2D eigenvalue weighted by molar-refractivity contribution is 0.0999. The predicted molar refractivity (Wildman–Crippen MR) is 52.9 cm³/mol. The molecule has 2 nitrogen and oxygen atoms in total. The molecule has 0 atom stereocenters. The van der Waals surface area contributed by atoms with Crippen LogP contribution < -0.4 is 0 Å². The molecule has 0 spiro atoms. The molecule has 2 heteroatoms. The van der Waals surface area contributed by atoms with Gasteiger partial charge in [0.25, 0.3) is 0 Å². The molecule has 0 aromatic heterocycles. The molecule has 0 unspecified atom stereocenters. The third kappa shape index (κ3) is 1.28. The first kappa shape index (κ1) is 8.17. The number of hydrogen-bond acceptors (Lipinski definition) is 2. The number of fused-ring (bicyclic) bond motifs is 1. The Morgan fingerprint density at radius 3 is 2.85 bits per heavy atom. The molecule has 1 aromatic rings. The lowest BCUT2D eigenvalue weighted by Crippen LogP contribution is -2.11. The van der Waals surface area contributed by atoms with Gasteiger partial charge in [0.15, 0.2) is 5.78 Å². The zero-order valence-electron chi connectivity index (χ0n) is 7.79. The van der Waals surface area contributed by atoms with Crippen molar-refractivity contribution in [2.24, 2.45) is 4.99 Å². The average molecular weight is 173 g/mol. The minimum atomic E-state index is 0.195. The molecule has 0 N–H and O–H groups in total. The van der Waals surface area contributed by atoms with Crippen molar-refractivity contribution in [3.8, 4) is 0 Å². The Balaban J connectivity index is 2.69. The second kappa shape index (κ2) is 2.80. The van der Waals surface area contributed by atoms with E-state index in [1.54, 1.807) is 0 Å². The molecule has 0 bridgehead atoms.